The Bertz CT molecular complexity index is 1460. The topological polar surface area (TPSA) is 99.1 Å². The van der Waals surface area contributed by atoms with Crippen molar-refractivity contribution in [1.29, 1.82) is 0 Å². The Balaban J connectivity index is 1.46. The van der Waals surface area contributed by atoms with Gasteiger partial charge in [-0.1, -0.05) is 0 Å². The van der Waals surface area contributed by atoms with Crippen LogP contribution >= 0.6 is 0 Å². The fraction of sp³-hybridized carbons (Fsp3) is 0.370. The number of ether oxygens (including phenoxy) is 1. The lowest BCUT2D eigenvalue weighted by Crippen LogP contribution is -2.45. The molecule has 2 amide bonds. The van der Waals surface area contributed by atoms with Crippen molar-refractivity contribution in [2.45, 2.75) is 13.0 Å². The number of anilines is 2. The second kappa shape index (κ2) is 9.97. The van der Waals surface area contributed by atoms with Gasteiger partial charge in [-0.05, 0) is 44.3 Å². The van der Waals surface area contributed by atoms with Crippen LogP contribution in [-0.2, 0) is 0 Å². The van der Waals surface area contributed by atoms with Crippen LogP contribution in [0.2, 0.25) is 0 Å². The van der Waals surface area contributed by atoms with Crippen molar-refractivity contribution < 1.29 is 18.7 Å². The van der Waals surface area contributed by atoms with Gasteiger partial charge in [-0.25, -0.2) is 4.39 Å². The van der Waals surface area contributed by atoms with Crippen LogP contribution in [0.15, 0.2) is 41.3 Å². The van der Waals surface area contributed by atoms with E-state index in [2.05, 4.69) is 15.8 Å². The standard InChI is InChI=1S/C27H31FN6O4/c1-16-15-38-25-22-19(13-21(28)23(25)33-11-9-32(4)10-12-33)24(35)20(14-34(16)22)26(36)30-29-18-7-5-17(6-8-18)27(37)31(2)3/h5-8,13-14,16,29H,9-12,15H2,1-4H3,(H,30,36)/t16-/m0/s1. The zero-order valence-corrected chi connectivity index (χ0v) is 21.9. The van der Waals surface area contributed by atoms with Gasteiger partial charge < -0.3 is 24.0 Å². The molecule has 0 aliphatic carbocycles. The molecule has 0 saturated carbocycles. The summed E-state index contributed by atoms with van der Waals surface area (Å²) >= 11 is 0. The summed E-state index contributed by atoms with van der Waals surface area (Å²) in [5.41, 5.74) is 6.51. The molecule has 2 N–H and O–H groups in total. The van der Waals surface area contributed by atoms with Crippen molar-refractivity contribution in [2.24, 2.45) is 0 Å². The highest BCUT2D eigenvalue weighted by atomic mass is 19.1. The van der Waals surface area contributed by atoms with E-state index in [-0.39, 0.29) is 29.5 Å². The molecule has 2 aliphatic rings. The van der Waals surface area contributed by atoms with Crippen LogP contribution in [-0.4, -0.2) is 80.1 Å². The highest BCUT2D eigenvalue weighted by Gasteiger charge is 2.31. The molecule has 3 aromatic rings. The summed E-state index contributed by atoms with van der Waals surface area (Å²) in [7, 11) is 5.36. The first-order chi connectivity index (χ1) is 18.2. The second-order valence-electron chi connectivity index (χ2n) is 10.0. The number of hydrogen-bond donors (Lipinski definition) is 2. The summed E-state index contributed by atoms with van der Waals surface area (Å²) in [5, 5.41) is 0.0983. The Kier molecular flexibility index (Phi) is 6.70. The molecule has 0 spiro atoms. The Morgan fingerprint density at radius 3 is 2.45 bits per heavy atom. The van der Waals surface area contributed by atoms with Crippen LogP contribution in [0.1, 0.15) is 33.7 Å². The van der Waals surface area contributed by atoms with Gasteiger partial charge in [0.2, 0.25) is 5.43 Å². The predicted molar refractivity (Wildman–Crippen MR) is 144 cm³/mol. The largest absolute Gasteiger partial charge is 0.487 e. The van der Waals surface area contributed by atoms with Crippen molar-refractivity contribution in [3.8, 4) is 5.75 Å². The third-order valence-electron chi connectivity index (χ3n) is 7.06. The molecule has 1 saturated heterocycles. The van der Waals surface area contributed by atoms with Crippen LogP contribution in [0.3, 0.4) is 0 Å². The Morgan fingerprint density at radius 1 is 1.11 bits per heavy atom. The number of likely N-dealkylation sites (N-methyl/N-ethyl adjacent to an activating group) is 1. The number of carbonyl (C=O) groups is 2. The minimum atomic E-state index is -0.655. The number of hydrogen-bond acceptors (Lipinski definition) is 7. The monoisotopic (exact) mass is 522 g/mol. The highest BCUT2D eigenvalue weighted by Crippen LogP contribution is 2.42. The van der Waals surface area contributed by atoms with E-state index in [9.17, 15) is 14.4 Å². The van der Waals surface area contributed by atoms with Crippen LogP contribution in [0, 0.1) is 5.82 Å². The van der Waals surface area contributed by atoms with Gasteiger partial charge >= 0.3 is 0 Å². The zero-order chi connectivity index (χ0) is 27.1. The van der Waals surface area contributed by atoms with Crippen LogP contribution < -0.4 is 25.9 Å². The number of benzene rings is 2. The quantitative estimate of drug-likeness (QED) is 0.496. The first kappa shape index (κ1) is 25.5. The van der Waals surface area contributed by atoms with E-state index in [1.54, 1.807) is 38.4 Å². The van der Waals surface area contributed by atoms with Gasteiger partial charge in [0.15, 0.2) is 11.6 Å². The van der Waals surface area contributed by atoms with Gasteiger partial charge in [-0.3, -0.25) is 25.2 Å². The third kappa shape index (κ3) is 4.53. The molecule has 38 heavy (non-hydrogen) atoms. The minimum absolute atomic E-state index is 0.0983. The van der Waals surface area contributed by atoms with Gasteiger partial charge in [0.1, 0.15) is 17.9 Å². The van der Waals surface area contributed by atoms with E-state index in [0.29, 0.717) is 41.3 Å². The van der Waals surface area contributed by atoms with Gasteiger partial charge in [0.25, 0.3) is 11.8 Å². The first-order valence-electron chi connectivity index (χ1n) is 12.5. The van der Waals surface area contributed by atoms with E-state index >= 15 is 4.39 Å². The van der Waals surface area contributed by atoms with Crippen molar-refractivity contribution in [3.05, 3.63) is 63.7 Å². The number of pyridine rings is 1. The summed E-state index contributed by atoms with van der Waals surface area (Å²) in [6.07, 6.45) is 1.52. The van der Waals surface area contributed by atoms with Crippen molar-refractivity contribution in [3.63, 3.8) is 0 Å². The number of aromatic nitrogens is 1. The molecule has 1 fully saturated rings. The van der Waals surface area contributed by atoms with E-state index in [0.717, 1.165) is 13.1 Å². The van der Waals surface area contributed by atoms with Gasteiger partial charge in [0.05, 0.1) is 22.6 Å². The Hall–Kier alpha value is -4.12. The molecule has 10 nitrogen and oxygen atoms in total. The van der Waals surface area contributed by atoms with E-state index in [4.69, 9.17) is 4.74 Å². The minimum Gasteiger partial charge on any atom is -0.487 e. The molecule has 11 heteroatoms. The van der Waals surface area contributed by atoms with E-state index in [1.165, 1.54) is 17.2 Å². The average molecular weight is 523 g/mol. The van der Waals surface area contributed by atoms with Crippen LogP contribution in [0.25, 0.3) is 10.9 Å². The number of halogens is 1. The normalized spacial score (nSPS) is 17.2. The molecule has 0 radical (unpaired) electrons. The smallest absolute Gasteiger partial charge is 0.275 e. The summed E-state index contributed by atoms with van der Waals surface area (Å²) in [6.45, 7) is 5.08. The molecular weight excluding hydrogens is 491 g/mol. The SMILES string of the molecule is C[C@H]1COc2c(N3CCN(C)CC3)c(F)cc3c(=O)c(C(=O)NNc4ccc(C(=O)N(C)C)cc4)cn1c23. The maximum atomic E-state index is 15.5. The molecule has 200 valence electrons. The van der Waals surface area contributed by atoms with E-state index in [1.807, 2.05) is 23.4 Å². The molecule has 2 aromatic carbocycles. The lowest BCUT2D eigenvalue weighted by atomic mass is 10.0. The van der Waals surface area contributed by atoms with Gasteiger partial charge in [-0.2, -0.15) is 0 Å². The highest BCUT2D eigenvalue weighted by molar-refractivity contribution is 6.00. The Morgan fingerprint density at radius 2 is 1.79 bits per heavy atom. The summed E-state index contributed by atoms with van der Waals surface area (Å²) in [5.74, 6) is -0.993. The van der Waals surface area contributed by atoms with Crippen molar-refractivity contribution in [1.82, 2.24) is 19.8 Å². The van der Waals surface area contributed by atoms with Crippen LogP contribution in [0.4, 0.5) is 15.8 Å². The summed E-state index contributed by atoms with van der Waals surface area (Å²) in [6, 6.07) is 7.62. The number of nitrogens with zero attached hydrogens (tertiary/aromatic N) is 4. The number of nitrogens with one attached hydrogen (secondary N) is 2. The number of rotatable bonds is 5. The molecule has 0 unspecified atom stereocenters. The number of piperazine rings is 1. The fourth-order valence-electron chi connectivity index (χ4n) is 4.85. The second-order valence-corrected chi connectivity index (χ2v) is 10.0. The van der Waals surface area contributed by atoms with E-state index < -0.39 is 17.2 Å². The van der Waals surface area contributed by atoms with Gasteiger partial charge in [0, 0.05) is 52.0 Å². The molecule has 3 heterocycles. The molecule has 0 bridgehead atoms. The molecule has 5 rings (SSSR count). The number of amides is 2. The lowest BCUT2D eigenvalue weighted by Gasteiger charge is -2.37. The maximum Gasteiger partial charge on any atom is 0.275 e. The predicted octanol–water partition coefficient (Wildman–Crippen LogP) is 2.30. The maximum absolute atomic E-state index is 15.5. The number of carbonyl (C=O) groups excluding carboxylic acids is 2. The van der Waals surface area contributed by atoms with Crippen LogP contribution in [0.5, 0.6) is 5.75 Å². The lowest BCUT2D eigenvalue weighted by molar-refractivity contribution is 0.0827. The molecule has 2 aliphatic heterocycles. The average Bonchev–Trinajstić information content (AvgIpc) is 2.90. The fourth-order valence-corrected chi connectivity index (χ4v) is 4.85. The molecule has 1 atom stereocenters. The first-order valence-corrected chi connectivity index (χ1v) is 12.5. The van der Waals surface area contributed by atoms with Crippen molar-refractivity contribution in [2.75, 3.05) is 64.3 Å². The molecule has 1 aromatic heterocycles. The summed E-state index contributed by atoms with van der Waals surface area (Å²) < 4.78 is 23.3. The third-order valence-corrected chi connectivity index (χ3v) is 7.06. The Labute approximate surface area is 219 Å². The molecular formula is C27H31FN6O4. The van der Waals surface area contributed by atoms with Crippen molar-refractivity contribution >= 4 is 34.1 Å². The number of hydrazine groups is 1. The van der Waals surface area contributed by atoms with Gasteiger partial charge in [-0.15, -0.1) is 0 Å². The summed E-state index contributed by atoms with van der Waals surface area (Å²) in [4.78, 5) is 44.2. The zero-order valence-electron chi connectivity index (χ0n) is 21.9.